The van der Waals surface area contributed by atoms with E-state index in [1.54, 1.807) is 7.11 Å². The summed E-state index contributed by atoms with van der Waals surface area (Å²) in [5, 5.41) is 3.34. The Morgan fingerprint density at radius 1 is 1.38 bits per heavy atom. The van der Waals surface area contributed by atoms with Crippen molar-refractivity contribution in [2.45, 2.75) is 26.7 Å². The number of nitrogen functional groups attached to an aromatic ring is 1. The van der Waals surface area contributed by atoms with Crippen molar-refractivity contribution < 1.29 is 4.74 Å². The Hall–Kier alpha value is -1.38. The molecule has 0 spiro atoms. The van der Waals surface area contributed by atoms with Gasteiger partial charge in [-0.2, -0.15) is 0 Å². The van der Waals surface area contributed by atoms with Crippen molar-refractivity contribution >= 4 is 11.4 Å². The zero-order valence-electron chi connectivity index (χ0n) is 10.4. The fourth-order valence-electron chi connectivity index (χ4n) is 1.61. The highest BCUT2D eigenvalue weighted by Gasteiger charge is 2.03. The van der Waals surface area contributed by atoms with Crippen LogP contribution in [0.4, 0.5) is 11.4 Å². The lowest BCUT2D eigenvalue weighted by atomic mass is 10.1. The Morgan fingerprint density at radius 2 is 2.12 bits per heavy atom. The van der Waals surface area contributed by atoms with E-state index in [4.69, 9.17) is 10.5 Å². The largest absolute Gasteiger partial charge is 0.495 e. The fourth-order valence-corrected chi connectivity index (χ4v) is 1.61. The first-order valence-corrected chi connectivity index (χ1v) is 5.81. The number of anilines is 2. The number of nitrogens with one attached hydrogen (secondary N) is 1. The summed E-state index contributed by atoms with van der Waals surface area (Å²) in [6.07, 6.45) is 2.39. The predicted octanol–water partition coefficient (Wildman–Crippen LogP) is 3.13. The number of hydrogen-bond donors (Lipinski definition) is 2. The van der Waals surface area contributed by atoms with Crippen LogP contribution in [0, 0.1) is 5.92 Å². The van der Waals surface area contributed by atoms with Crippen molar-refractivity contribution in [2.24, 2.45) is 5.92 Å². The van der Waals surface area contributed by atoms with Crippen molar-refractivity contribution in [1.29, 1.82) is 0 Å². The van der Waals surface area contributed by atoms with Gasteiger partial charge in [0.2, 0.25) is 0 Å². The minimum atomic E-state index is 0.689. The molecule has 3 nitrogen and oxygen atoms in total. The predicted molar refractivity (Wildman–Crippen MR) is 70.0 cm³/mol. The highest BCUT2D eigenvalue weighted by atomic mass is 16.5. The average molecular weight is 222 g/mol. The summed E-state index contributed by atoms with van der Waals surface area (Å²) >= 11 is 0. The third-order valence-electron chi connectivity index (χ3n) is 2.56. The van der Waals surface area contributed by atoms with Gasteiger partial charge in [-0.25, -0.2) is 0 Å². The van der Waals surface area contributed by atoms with Gasteiger partial charge in [-0.3, -0.25) is 0 Å². The SMILES string of the molecule is COc1cccc(NCCCC(C)C)c1N. The number of rotatable bonds is 6. The lowest BCUT2D eigenvalue weighted by Crippen LogP contribution is -2.06. The van der Waals surface area contributed by atoms with Gasteiger partial charge in [0.15, 0.2) is 0 Å². The maximum atomic E-state index is 5.95. The lowest BCUT2D eigenvalue weighted by Gasteiger charge is -2.12. The number of methoxy groups -OCH3 is 1. The monoisotopic (exact) mass is 222 g/mol. The number of hydrogen-bond acceptors (Lipinski definition) is 3. The van der Waals surface area contributed by atoms with Crippen LogP contribution in [0.3, 0.4) is 0 Å². The molecule has 0 amide bonds. The van der Waals surface area contributed by atoms with E-state index >= 15 is 0 Å². The van der Waals surface area contributed by atoms with Gasteiger partial charge in [0.05, 0.1) is 18.5 Å². The second-order valence-corrected chi connectivity index (χ2v) is 4.38. The van der Waals surface area contributed by atoms with Crippen molar-refractivity contribution in [3.05, 3.63) is 18.2 Å². The minimum Gasteiger partial charge on any atom is -0.495 e. The maximum absolute atomic E-state index is 5.95. The van der Waals surface area contributed by atoms with Gasteiger partial charge >= 0.3 is 0 Å². The molecular weight excluding hydrogens is 200 g/mol. The van der Waals surface area contributed by atoms with Crippen molar-refractivity contribution in [2.75, 3.05) is 24.7 Å². The normalized spacial score (nSPS) is 10.5. The molecule has 0 fully saturated rings. The molecule has 0 bridgehead atoms. The van der Waals surface area contributed by atoms with E-state index in [2.05, 4.69) is 19.2 Å². The molecule has 1 aromatic rings. The first-order chi connectivity index (χ1) is 7.65. The smallest absolute Gasteiger partial charge is 0.143 e. The second-order valence-electron chi connectivity index (χ2n) is 4.38. The molecule has 0 heterocycles. The highest BCUT2D eigenvalue weighted by molar-refractivity contribution is 5.72. The van der Waals surface area contributed by atoms with Crippen LogP contribution in [0.25, 0.3) is 0 Å². The highest BCUT2D eigenvalue weighted by Crippen LogP contribution is 2.28. The van der Waals surface area contributed by atoms with Gasteiger partial charge in [0, 0.05) is 6.54 Å². The van der Waals surface area contributed by atoms with E-state index < -0.39 is 0 Å². The van der Waals surface area contributed by atoms with E-state index in [0.29, 0.717) is 5.69 Å². The van der Waals surface area contributed by atoms with Crippen LogP contribution in [0.5, 0.6) is 5.75 Å². The zero-order chi connectivity index (χ0) is 12.0. The molecule has 0 aliphatic heterocycles. The molecule has 0 atom stereocenters. The summed E-state index contributed by atoms with van der Waals surface area (Å²) in [5.74, 6) is 1.48. The molecule has 0 aromatic heterocycles. The van der Waals surface area contributed by atoms with Crippen LogP contribution in [0.15, 0.2) is 18.2 Å². The zero-order valence-corrected chi connectivity index (χ0v) is 10.4. The maximum Gasteiger partial charge on any atom is 0.143 e. The fraction of sp³-hybridized carbons (Fsp3) is 0.538. The number of para-hydroxylation sites is 1. The Labute approximate surface area is 98.0 Å². The Balaban J connectivity index is 2.47. The summed E-state index contributed by atoms with van der Waals surface area (Å²) in [7, 11) is 1.63. The molecule has 90 valence electrons. The molecular formula is C13H22N2O. The lowest BCUT2D eigenvalue weighted by molar-refractivity contribution is 0.417. The van der Waals surface area contributed by atoms with Crippen molar-refractivity contribution in [3.63, 3.8) is 0 Å². The Kier molecular flexibility index (Phi) is 4.96. The third kappa shape index (κ3) is 3.65. The standard InChI is InChI=1S/C13H22N2O/c1-10(2)6-5-9-15-11-7-4-8-12(16-3)13(11)14/h4,7-8,10,15H,5-6,9,14H2,1-3H3. The van der Waals surface area contributed by atoms with E-state index in [-0.39, 0.29) is 0 Å². The topological polar surface area (TPSA) is 47.3 Å². The van der Waals surface area contributed by atoms with Gasteiger partial charge in [-0.05, 0) is 30.9 Å². The Morgan fingerprint density at radius 3 is 2.75 bits per heavy atom. The number of nitrogens with two attached hydrogens (primary N) is 1. The van der Waals surface area contributed by atoms with Crippen LogP contribution < -0.4 is 15.8 Å². The summed E-state index contributed by atoms with van der Waals surface area (Å²) in [6.45, 7) is 5.43. The molecule has 0 saturated heterocycles. The molecule has 0 radical (unpaired) electrons. The molecule has 0 aliphatic carbocycles. The summed E-state index contributed by atoms with van der Waals surface area (Å²) in [5.41, 5.74) is 7.60. The van der Waals surface area contributed by atoms with E-state index in [1.807, 2.05) is 18.2 Å². The molecule has 3 heteroatoms. The third-order valence-corrected chi connectivity index (χ3v) is 2.56. The van der Waals surface area contributed by atoms with Crippen molar-refractivity contribution in [3.8, 4) is 5.75 Å². The van der Waals surface area contributed by atoms with E-state index in [1.165, 1.54) is 6.42 Å². The molecule has 3 N–H and O–H groups in total. The van der Waals surface area contributed by atoms with E-state index in [9.17, 15) is 0 Å². The van der Waals surface area contributed by atoms with Gasteiger partial charge in [0.25, 0.3) is 0 Å². The summed E-state index contributed by atoms with van der Waals surface area (Å²) in [4.78, 5) is 0. The van der Waals surface area contributed by atoms with E-state index in [0.717, 1.165) is 30.3 Å². The molecule has 1 rings (SSSR count). The molecule has 16 heavy (non-hydrogen) atoms. The van der Waals surface area contributed by atoms with Crippen LogP contribution in [0.2, 0.25) is 0 Å². The quantitative estimate of drug-likeness (QED) is 0.574. The van der Waals surface area contributed by atoms with Crippen LogP contribution in [0.1, 0.15) is 26.7 Å². The first-order valence-electron chi connectivity index (χ1n) is 5.81. The molecule has 0 saturated carbocycles. The number of ether oxygens (including phenoxy) is 1. The van der Waals surface area contributed by atoms with Gasteiger partial charge < -0.3 is 15.8 Å². The first kappa shape index (κ1) is 12.7. The van der Waals surface area contributed by atoms with Crippen LogP contribution in [-0.2, 0) is 0 Å². The van der Waals surface area contributed by atoms with Crippen molar-refractivity contribution in [1.82, 2.24) is 0 Å². The molecule has 0 aliphatic rings. The second kappa shape index (κ2) is 6.26. The molecule has 0 unspecified atom stereocenters. The van der Waals surface area contributed by atoms with Crippen LogP contribution >= 0.6 is 0 Å². The summed E-state index contributed by atoms with van der Waals surface area (Å²) in [6, 6.07) is 5.79. The number of benzene rings is 1. The van der Waals surface area contributed by atoms with Crippen LogP contribution in [-0.4, -0.2) is 13.7 Å². The van der Waals surface area contributed by atoms with Gasteiger partial charge in [-0.1, -0.05) is 19.9 Å². The van der Waals surface area contributed by atoms with Gasteiger partial charge in [-0.15, -0.1) is 0 Å². The van der Waals surface area contributed by atoms with Gasteiger partial charge in [0.1, 0.15) is 5.75 Å². The summed E-state index contributed by atoms with van der Waals surface area (Å²) < 4.78 is 5.17. The average Bonchev–Trinajstić information content (AvgIpc) is 2.26. The molecule has 1 aromatic carbocycles. The Bertz CT molecular complexity index is 324. The minimum absolute atomic E-state index is 0.689.